The molecule has 2 aromatic rings. The number of ketones is 1. The zero-order valence-electron chi connectivity index (χ0n) is 9.51. The molecule has 0 N–H and O–H groups in total. The summed E-state index contributed by atoms with van der Waals surface area (Å²) in [6, 6.07) is 17.7. The van der Waals surface area contributed by atoms with Crippen LogP contribution in [0.4, 0.5) is 0 Å². The topological polar surface area (TPSA) is 40.9 Å². The zero-order valence-corrected chi connectivity index (χ0v) is 10.3. The van der Waals surface area contributed by atoms with Crippen molar-refractivity contribution >= 4 is 17.4 Å². The van der Waals surface area contributed by atoms with Gasteiger partial charge in [-0.05, 0) is 29.8 Å². The molecule has 0 fully saturated rings. The predicted octanol–water partition coefficient (Wildman–Crippen LogP) is 3.83. The van der Waals surface area contributed by atoms with Gasteiger partial charge in [-0.15, -0.1) is 0 Å². The molecule has 18 heavy (non-hydrogen) atoms. The van der Waals surface area contributed by atoms with E-state index in [9.17, 15) is 4.79 Å². The van der Waals surface area contributed by atoms with E-state index in [4.69, 9.17) is 16.9 Å². The number of rotatable bonds is 3. The summed E-state index contributed by atoms with van der Waals surface area (Å²) in [6.07, 6.45) is 0. The molecule has 0 aliphatic carbocycles. The van der Waals surface area contributed by atoms with Gasteiger partial charge in [-0.2, -0.15) is 5.26 Å². The first-order valence-electron chi connectivity index (χ1n) is 5.46. The van der Waals surface area contributed by atoms with E-state index in [-0.39, 0.29) is 5.78 Å². The first-order valence-corrected chi connectivity index (χ1v) is 5.84. The Bertz CT molecular complexity index is 584. The van der Waals surface area contributed by atoms with Crippen molar-refractivity contribution in [2.75, 3.05) is 0 Å². The number of carbonyl (C=O) groups is 1. The molecule has 0 amide bonds. The van der Waals surface area contributed by atoms with Crippen LogP contribution in [0, 0.1) is 11.3 Å². The van der Waals surface area contributed by atoms with Gasteiger partial charge in [-0.25, -0.2) is 0 Å². The molecular formula is C15H10ClNO. The van der Waals surface area contributed by atoms with Crippen molar-refractivity contribution in [2.45, 2.75) is 5.92 Å². The molecule has 0 spiro atoms. The lowest BCUT2D eigenvalue weighted by Gasteiger charge is -2.08. The minimum atomic E-state index is -0.771. The highest BCUT2D eigenvalue weighted by molar-refractivity contribution is 6.30. The number of Topliss-reactive ketones (excluding diaryl/α,β-unsaturated/α-hetero) is 1. The first-order chi connectivity index (χ1) is 8.72. The Kier molecular flexibility index (Phi) is 3.76. The Balaban J connectivity index is 2.32. The van der Waals surface area contributed by atoms with Gasteiger partial charge >= 0.3 is 0 Å². The number of hydrogen-bond acceptors (Lipinski definition) is 2. The number of carbonyl (C=O) groups excluding carboxylic acids is 1. The molecule has 2 rings (SSSR count). The van der Waals surface area contributed by atoms with E-state index in [0.29, 0.717) is 16.1 Å². The maximum Gasteiger partial charge on any atom is 0.184 e. The average Bonchev–Trinajstić information content (AvgIpc) is 2.41. The standard InChI is InChI=1S/C15H10ClNO/c16-13-8-6-12(7-9-13)15(18)14(10-17)11-4-2-1-3-5-11/h1-9,14H. The van der Waals surface area contributed by atoms with E-state index >= 15 is 0 Å². The third kappa shape index (κ3) is 2.58. The third-order valence-corrected chi connectivity index (χ3v) is 2.90. The Morgan fingerprint density at radius 3 is 2.22 bits per heavy atom. The molecular weight excluding hydrogens is 246 g/mol. The average molecular weight is 256 g/mol. The molecule has 1 atom stereocenters. The highest BCUT2D eigenvalue weighted by Gasteiger charge is 2.21. The lowest BCUT2D eigenvalue weighted by molar-refractivity contribution is 0.0979. The molecule has 0 aliphatic heterocycles. The van der Waals surface area contributed by atoms with Gasteiger partial charge < -0.3 is 0 Å². The van der Waals surface area contributed by atoms with Crippen molar-refractivity contribution < 1.29 is 4.79 Å². The summed E-state index contributed by atoms with van der Waals surface area (Å²) in [5.41, 5.74) is 1.20. The monoisotopic (exact) mass is 255 g/mol. The van der Waals surface area contributed by atoms with Crippen LogP contribution in [0.2, 0.25) is 5.02 Å². The molecule has 0 aromatic heterocycles. The highest BCUT2D eigenvalue weighted by Crippen LogP contribution is 2.21. The van der Waals surface area contributed by atoms with Crippen molar-refractivity contribution in [3.63, 3.8) is 0 Å². The largest absolute Gasteiger partial charge is 0.292 e. The van der Waals surface area contributed by atoms with Gasteiger partial charge in [0.15, 0.2) is 5.78 Å². The lowest BCUT2D eigenvalue weighted by Crippen LogP contribution is -2.10. The summed E-state index contributed by atoms with van der Waals surface area (Å²) in [7, 11) is 0. The van der Waals surface area contributed by atoms with E-state index in [1.807, 2.05) is 24.3 Å². The zero-order chi connectivity index (χ0) is 13.0. The van der Waals surface area contributed by atoms with E-state index in [2.05, 4.69) is 0 Å². The van der Waals surface area contributed by atoms with Crippen LogP contribution in [0.15, 0.2) is 54.6 Å². The van der Waals surface area contributed by atoms with Crippen LogP contribution >= 0.6 is 11.6 Å². The summed E-state index contributed by atoms with van der Waals surface area (Å²) in [6.45, 7) is 0. The minimum absolute atomic E-state index is 0.208. The van der Waals surface area contributed by atoms with Gasteiger partial charge in [0.25, 0.3) is 0 Å². The minimum Gasteiger partial charge on any atom is -0.292 e. The number of nitrogens with zero attached hydrogens (tertiary/aromatic N) is 1. The number of hydrogen-bond donors (Lipinski definition) is 0. The third-order valence-electron chi connectivity index (χ3n) is 2.65. The second-order valence-corrected chi connectivity index (χ2v) is 4.28. The van der Waals surface area contributed by atoms with E-state index in [0.717, 1.165) is 0 Å². The van der Waals surface area contributed by atoms with E-state index in [1.165, 1.54) is 0 Å². The Morgan fingerprint density at radius 2 is 1.67 bits per heavy atom. The SMILES string of the molecule is N#CC(C(=O)c1ccc(Cl)cc1)c1ccccc1. The molecule has 2 aromatic carbocycles. The Morgan fingerprint density at radius 1 is 1.06 bits per heavy atom. The first kappa shape index (κ1) is 12.3. The van der Waals surface area contributed by atoms with Crippen molar-refractivity contribution in [2.24, 2.45) is 0 Å². The molecule has 0 saturated carbocycles. The van der Waals surface area contributed by atoms with E-state index < -0.39 is 5.92 Å². The molecule has 0 heterocycles. The van der Waals surface area contributed by atoms with Crippen LogP contribution in [-0.2, 0) is 0 Å². The van der Waals surface area contributed by atoms with Gasteiger partial charge in [0.1, 0.15) is 5.92 Å². The van der Waals surface area contributed by atoms with E-state index in [1.54, 1.807) is 36.4 Å². The molecule has 3 heteroatoms. The molecule has 2 nitrogen and oxygen atoms in total. The summed E-state index contributed by atoms with van der Waals surface area (Å²) in [5, 5.41) is 9.74. The summed E-state index contributed by atoms with van der Waals surface area (Å²) in [4.78, 5) is 12.2. The van der Waals surface area contributed by atoms with Crippen LogP contribution in [0.5, 0.6) is 0 Å². The normalized spacial score (nSPS) is 11.6. The Labute approximate surface area is 110 Å². The molecule has 0 aliphatic rings. The summed E-state index contributed by atoms with van der Waals surface area (Å²) in [5.74, 6) is -0.979. The predicted molar refractivity (Wildman–Crippen MR) is 70.6 cm³/mol. The van der Waals surface area contributed by atoms with Gasteiger partial charge in [-0.1, -0.05) is 41.9 Å². The van der Waals surface area contributed by atoms with Crippen LogP contribution in [0.1, 0.15) is 21.8 Å². The number of nitriles is 1. The second-order valence-electron chi connectivity index (χ2n) is 3.84. The maximum atomic E-state index is 12.2. The molecule has 0 radical (unpaired) electrons. The van der Waals surface area contributed by atoms with Crippen LogP contribution in [0.25, 0.3) is 0 Å². The summed E-state index contributed by atoms with van der Waals surface area (Å²) >= 11 is 5.77. The van der Waals surface area contributed by atoms with Crippen molar-refractivity contribution in [3.05, 3.63) is 70.7 Å². The van der Waals surface area contributed by atoms with Crippen molar-refractivity contribution in [1.82, 2.24) is 0 Å². The van der Waals surface area contributed by atoms with Gasteiger partial charge in [-0.3, -0.25) is 4.79 Å². The Hall–Kier alpha value is -2.11. The molecule has 0 saturated heterocycles. The highest BCUT2D eigenvalue weighted by atomic mass is 35.5. The van der Waals surface area contributed by atoms with Gasteiger partial charge in [0.05, 0.1) is 6.07 Å². The van der Waals surface area contributed by atoms with Crippen LogP contribution in [0.3, 0.4) is 0 Å². The fraction of sp³-hybridized carbons (Fsp3) is 0.0667. The molecule has 1 unspecified atom stereocenters. The lowest BCUT2D eigenvalue weighted by atomic mass is 9.92. The van der Waals surface area contributed by atoms with Gasteiger partial charge in [0.2, 0.25) is 0 Å². The number of benzene rings is 2. The number of halogens is 1. The van der Waals surface area contributed by atoms with Crippen molar-refractivity contribution in [1.29, 1.82) is 5.26 Å². The quantitative estimate of drug-likeness (QED) is 0.782. The second kappa shape index (κ2) is 5.48. The van der Waals surface area contributed by atoms with Crippen molar-refractivity contribution in [3.8, 4) is 6.07 Å². The molecule has 88 valence electrons. The van der Waals surface area contributed by atoms with Gasteiger partial charge in [0, 0.05) is 10.6 Å². The summed E-state index contributed by atoms with van der Waals surface area (Å²) < 4.78 is 0. The maximum absolute atomic E-state index is 12.2. The smallest absolute Gasteiger partial charge is 0.184 e. The fourth-order valence-electron chi connectivity index (χ4n) is 1.71. The fourth-order valence-corrected chi connectivity index (χ4v) is 1.84. The van der Waals surface area contributed by atoms with Crippen LogP contribution in [-0.4, -0.2) is 5.78 Å². The molecule has 0 bridgehead atoms. The van der Waals surface area contributed by atoms with Crippen LogP contribution < -0.4 is 0 Å².